The molecule has 0 bridgehead atoms. The molecule has 29 heavy (non-hydrogen) atoms. The van der Waals surface area contributed by atoms with Crippen molar-refractivity contribution in [1.29, 1.82) is 0 Å². The van der Waals surface area contributed by atoms with Crippen LogP contribution in [0.15, 0.2) is 69.8 Å². The van der Waals surface area contributed by atoms with Gasteiger partial charge in [0.15, 0.2) is 17.4 Å². The minimum atomic E-state index is 0.756. The molecule has 4 heterocycles. The summed E-state index contributed by atoms with van der Waals surface area (Å²) in [7, 11) is 2.08. The first-order chi connectivity index (χ1) is 14.2. The molecular formula is C25H16NO3+. The van der Waals surface area contributed by atoms with Crippen LogP contribution in [-0.4, -0.2) is 0 Å². The van der Waals surface area contributed by atoms with Crippen molar-refractivity contribution in [2.75, 3.05) is 0 Å². The van der Waals surface area contributed by atoms with Gasteiger partial charge in [-0.25, -0.2) is 4.57 Å². The zero-order valence-corrected chi connectivity index (χ0v) is 15.9. The van der Waals surface area contributed by atoms with Gasteiger partial charge < -0.3 is 13.6 Å². The highest BCUT2D eigenvalue weighted by atomic mass is 16.5. The predicted molar refractivity (Wildman–Crippen MR) is 112 cm³/mol. The summed E-state index contributed by atoms with van der Waals surface area (Å²) < 4.78 is 20.5. The summed E-state index contributed by atoms with van der Waals surface area (Å²) in [6.07, 6.45) is 3.75. The average Bonchev–Trinajstić information content (AvgIpc) is 3.32. The fraction of sp³-hybridized carbons (Fsp3) is 0.0800. The molecule has 0 amide bonds. The molecule has 0 fully saturated rings. The molecule has 1 aliphatic rings. The standard InChI is InChI=1S/C25H16NO3/c1-13-15-6-4-3-5-14(15)11-19-21(13)23-22-16(7-9-26(23)2)24-17(12-20(22)28-19)25-18(29-24)8-10-27-25/h3-12H,1-2H3/q+1. The minimum Gasteiger partial charge on any atom is -0.460 e. The predicted octanol–water partition coefficient (Wildman–Crippen LogP) is 6.39. The first-order valence-corrected chi connectivity index (χ1v) is 9.66. The van der Waals surface area contributed by atoms with E-state index >= 15 is 0 Å². The number of ether oxygens (including phenoxy) is 1. The Morgan fingerprint density at radius 3 is 2.69 bits per heavy atom. The van der Waals surface area contributed by atoms with E-state index in [1.54, 1.807) is 6.26 Å². The molecule has 0 saturated heterocycles. The SMILES string of the molecule is Cc1c2c(cc3ccccc13)Oc1cc3c4occc4oc3c3cc[n+](C)c-2c13. The molecule has 4 nitrogen and oxygen atoms in total. The maximum atomic E-state index is 6.50. The topological polar surface area (TPSA) is 39.4 Å². The van der Waals surface area contributed by atoms with Crippen LogP contribution >= 0.6 is 0 Å². The van der Waals surface area contributed by atoms with Crippen molar-refractivity contribution in [1.82, 2.24) is 0 Å². The van der Waals surface area contributed by atoms with Gasteiger partial charge in [0.1, 0.15) is 29.5 Å². The molecule has 3 aromatic carbocycles. The summed E-state index contributed by atoms with van der Waals surface area (Å²) in [5, 5.41) is 5.47. The van der Waals surface area contributed by atoms with E-state index in [2.05, 4.69) is 61.1 Å². The summed E-state index contributed by atoms with van der Waals surface area (Å²) in [5.41, 5.74) is 5.87. The zero-order chi connectivity index (χ0) is 19.3. The lowest BCUT2D eigenvalue weighted by molar-refractivity contribution is -0.659. The summed E-state index contributed by atoms with van der Waals surface area (Å²) >= 11 is 0. The molecule has 0 atom stereocenters. The fourth-order valence-electron chi connectivity index (χ4n) is 4.84. The third-order valence-corrected chi connectivity index (χ3v) is 6.15. The first kappa shape index (κ1) is 15.2. The van der Waals surface area contributed by atoms with Crippen LogP contribution in [0.3, 0.4) is 0 Å². The Hall–Kier alpha value is -3.79. The van der Waals surface area contributed by atoms with Gasteiger partial charge in [-0.2, -0.15) is 0 Å². The van der Waals surface area contributed by atoms with E-state index in [1.165, 1.54) is 16.3 Å². The Balaban J connectivity index is 1.71. The number of aromatic nitrogens is 1. The van der Waals surface area contributed by atoms with Gasteiger partial charge in [-0.15, -0.1) is 0 Å². The van der Waals surface area contributed by atoms with E-state index in [0.717, 1.165) is 55.7 Å². The number of furan rings is 2. The Kier molecular flexibility index (Phi) is 2.60. The third kappa shape index (κ3) is 1.77. The van der Waals surface area contributed by atoms with Crippen LogP contribution in [0.4, 0.5) is 0 Å². The van der Waals surface area contributed by atoms with E-state index < -0.39 is 0 Å². The normalized spacial score (nSPS) is 12.8. The van der Waals surface area contributed by atoms with Crippen LogP contribution in [0.5, 0.6) is 11.5 Å². The van der Waals surface area contributed by atoms with Gasteiger partial charge in [-0.05, 0) is 35.4 Å². The lowest BCUT2D eigenvalue weighted by atomic mass is 9.91. The second-order valence-electron chi connectivity index (χ2n) is 7.73. The molecule has 0 spiro atoms. The van der Waals surface area contributed by atoms with Crippen molar-refractivity contribution in [3.05, 3.63) is 66.6 Å². The van der Waals surface area contributed by atoms with Crippen molar-refractivity contribution in [2.45, 2.75) is 6.92 Å². The molecule has 7 rings (SSSR count). The van der Waals surface area contributed by atoms with Gasteiger partial charge >= 0.3 is 0 Å². The first-order valence-electron chi connectivity index (χ1n) is 9.66. The molecule has 0 radical (unpaired) electrons. The van der Waals surface area contributed by atoms with Crippen LogP contribution in [0.2, 0.25) is 0 Å². The highest BCUT2D eigenvalue weighted by Crippen LogP contribution is 2.50. The molecule has 0 aliphatic carbocycles. The zero-order valence-electron chi connectivity index (χ0n) is 15.9. The second-order valence-corrected chi connectivity index (χ2v) is 7.73. The van der Waals surface area contributed by atoms with Gasteiger partial charge in [-0.1, -0.05) is 24.3 Å². The molecule has 0 N–H and O–H groups in total. The van der Waals surface area contributed by atoms with E-state index in [1.807, 2.05) is 12.1 Å². The average molecular weight is 378 g/mol. The number of fused-ring (bicyclic) bond motifs is 7. The van der Waals surface area contributed by atoms with Crippen LogP contribution in [0.1, 0.15) is 5.56 Å². The van der Waals surface area contributed by atoms with Gasteiger partial charge in [-0.3, -0.25) is 0 Å². The fourth-order valence-corrected chi connectivity index (χ4v) is 4.84. The summed E-state index contributed by atoms with van der Waals surface area (Å²) in [6.45, 7) is 2.17. The largest absolute Gasteiger partial charge is 0.460 e. The molecule has 138 valence electrons. The third-order valence-electron chi connectivity index (χ3n) is 6.15. The Morgan fingerprint density at radius 2 is 1.76 bits per heavy atom. The van der Waals surface area contributed by atoms with E-state index in [0.29, 0.717) is 0 Å². The molecular weight excluding hydrogens is 362 g/mol. The molecule has 0 unspecified atom stereocenters. The van der Waals surface area contributed by atoms with Crippen LogP contribution < -0.4 is 9.30 Å². The number of pyridine rings is 1. The van der Waals surface area contributed by atoms with Gasteiger partial charge in [0.05, 0.1) is 17.2 Å². The molecule has 4 heteroatoms. The van der Waals surface area contributed by atoms with Crippen LogP contribution in [0, 0.1) is 6.92 Å². The van der Waals surface area contributed by atoms with E-state index in [-0.39, 0.29) is 0 Å². The number of benzene rings is 3. The quantitative estimate of drug-likeness (QED) is 0.287. The lowest BCUT2D eigenvalue weighted by Gasteiger charge is -2.21. The highest BCUT2D eigenvalue weighted by molar-refractivity contribution is 6.18. The Labute approximate surface area is 165 Å². The Bertz CT molecular complexity index is 1650. The summed E-state index contributed by atoms with van der Waals surface area (Å²) in [4.78, 5) is 0. The van der Waals surface area contributed by atoms with E-state index in [4.69, 9.17) is 13.6 Å². The maximum Gasteiger partial charge on any atom is 0.228 e. The van der Waals surface area contributed by atoms with Crippen LogP contribution in [0.25, 0.3) is 54.9 Å². The van der Waals surface area contributed by atoms with Crippen molar-refractivity contribution in [3.8, 4) is 22.8 Å². The van der Waals surface area contributed by atoms with Crippen LogP contribution in [-0.2, 0) is 7.05 Å². The summed E-state index contributed by atoms with van der Waals surface area (Å²) in [5.74, 6) is 1.72. The summed E-state index contributed by atoms with van der Waals surface area (Å²) in [6, 6.07) is 16.6. The van der Waals surface area contributed by atoms with Gasteiger partial charge in [0.2, 0.25) is 5.69 Å². The van der Waals surface area contributed by atoms with Crippen molar-refractivity contribution in [3.63, 3.8) is 0 Å². The molecule has 0 saturated carbocycles. The number of nitrogens with zero attached hydrogens (tertiary/aromatic N) is 1. The number of aryl methyl sites for hydroxylation is 2. The highest BCUT2D eigenvalue weighted by Gasteiger charge is 2.32. The molecule has 6 aromatic rings. The number of hydrogen-bond acceptors (Lipinski definition) is 3. The van der Waals surface area contributed by atoms with Gasteiger partial charge in [0, 0.05) is 17.5 Å². The number of hydrogen-bond donors (Lipinski definition) is 0. The van der Waals surface area contributed by atoms with Crippen molar-refractivity contribution < 1.29 is 18.1 Å². The van der Waals surface area contributed by atoms with Crippen molar-refractivity contribution >= 4 is 43.7 Å². The maximum absolute atomic E-state index is 6.50. The number of rotatable bonds is 0. The van der Waals surface area contributed by atoms with E-state index in [9.17, 15) is 0 Å². The van der Waals surface area contributed by atoms with Crippen molar-refractivity contribution in [2.24, 2.45) is 7.05 Å². The Morgan fingerprint density at radius 1 is 0.862 bits per heavy atom. The minimum absolute atomic E-state index is 0.756. The smallest absolute Gasteiger partial charge is 0.228 e. The molecule has 1 aliphatic heterocycles. The monoisotopic (exact) mass is 378 g/mol. The van der Waals surface area contributed by atoms with Gasteiger partial charge in [0.25, 0.3) is 0 Å². The second kappa shape index (κ2) is 4.97. The lowest BCUT2D eigenvalue weighted by Crippen LogP contribution is -2.31. The molecule has 3 aromatic heterocycles.